The van der Waals surface area contributed by atoms with Crippen LogP contribution in [-0.2, 0) is 6.42 Å². The Hall–Kier alpha value is -2.10. The maximum Gasteiger partial charge on any atom is 0.251 e. The molecule has 0 saturated heterocycles. The number of imidazole rings is 1. The Bertz CT molecular complexity index is 730. The van der Waals surface area contributed by atoms with Crippen LogP contribution in [0.25, 0.3) is 5.69 Å². The molecule has 0 aliphatic heterocycles. The first-order valence-electron chi connectivity index (χ1n) is 9.91. The number of benzene rings is 1. The SMILES string of the molecule is CCCCc1cn(-c2ccc(C(=O)NCC3CCCC3(C)C)cc2)cn1. The van der Waals surface area contributed by atoms with Gasteiger partial charge in [-0.05, 0) is 61.3 Å². The van der Waals surface area contributed by atoms with Crippen molar-refractivity contribution in [3.05, 3.63) is 48.0 Å². The van der Waals surface area contributed by atoms with Gasteiger partial charge in [-0.1, -0.05) is 33.6 Å². The maximum atomic E-state index is 12.5. The minimum atomic E-state index is 0.0218. The van der Waals surface area contributed by atoms with Crippen LogP contribution in [0.4, 0.5) is 0 Å². The van der Waals surface area contributed by atoms with E-state index in [9.17, 15) is 4.79 Å². The van der Waals surface area contributed by atoms with E-state index in [0.717, 1.165) is 36.3 Å². The topological polar surface area (TPSA) is 46.9 Å². The number of nitrogens with one attached hydrogen (secondary N) is 1. The molecule has 1 atom stereocenters. The highest BCUT2D eigenvalue weighted by Gasteiger charge is 2.34. The van der Waals surface area contributed by atoms with Crippen molar-refractivity contribution in [3.8, 4) is 5.69 Å². The molecule has 1 unspecified atom stereocenters. The number of aryl methyl sites for hydroxylation is 1. The van der Waals surface area contributed by atoms with Crippen LogP contribution >= 0.6 is 0 Å². The number of hydrogen-bond donors (Lipinski definition) is 1. The van der Waals surface area contributed by atoms with Crippen molar-refractivity contribution in [1.82, 2.24) is 14.9 Å². The number of carbonyl (C=O) groups is 1. The molecule has 0 radical (unpaired) electrons. The summed E-state index contributed by atoms with van der Waals surface area (Å²) >= 11 is 0. The summed E-state index contributed by atoms with van der Waals surface area (Å²) in [6, 6.07) is 7.77. The molecular formula is C22H31N3O. The van der Waals surface area contributed by atoms with Gasteiger partial charge in [-0.3, -0.25) is 4.79 Å². The summed E-state index contributed by atoms with van der Waals surface area (Å²) in [5.41, 5.74) is 3.21. The van der Waals surface area contributed by atoms with Crippen molar-refractivity contribution in [1.29, 1.82) is 0 Å². The van der Waals surface area contributed by atoms with Crippen molar-refractivity contribution in [3.63, 3.8) is 0 Å². The van der Waals surface area contributed by atoms with Crippen molar-refractivity contribution < 1.29 is 4.79 Å². The van der Waals surface area contributed by atoms with E-state index in [2.05, 4.69) is 37.3 Å². The maximum absolute atomic E-state index is 12.5. The standard InChI is InChI=1S/C22H31N3O/c1-4-5-8-19-15-25(16-24-19)20-11-9-17(10-12-20)21(26)23-14-18-7-6-13-22(18,2)3/h9-12,15-16,18H,4-8,13-14H2,1-3H3,(H,23,26). The number of amides is 1. The van der Waals surface area contributed by atoms with E-state index >= 15 is 0 Å². The van der Waals surface area contributed by atoms with Gasteiger partial charge in [0.2, 0.25) is 0 Å². The summed E-state index contributed by atoms with van der Waals surface area (Å²) < 4.78 is 2.02. The highest BCUT2D eigenvalue weighted by molar-refractivity contribution is 5.94. The quantitative estimate of drug-likeness (QED) is 0.779. The minimum absolute atomic E-state index is 0.0218. The fraction of sp³-hybridized carbons (Fsp3) is 0.545. The molecule has 1 saturated carbocycles. The lowest BCUT2D eigenvalue weighted by atomic mass is 9.82. The van der Waals surface area contributed by atoms with Gasteiger partial charge in [0.15, 0.2) is 0 Å². The molecule has 0 spiro atoms. The van der Waals surface area contributed by atoms with Gasteiger partial charge in [-0.15, -0.1) is 0 Å². The summed E-state index contributed by atoms with van der Waals surface area (Å²) in [4.78, 5) is 16.9. The van der Waals surface area contributed by atoms with Gasteiger partial charge in [0, 0.05) is 24.0 Å². The van der Waals surface area contributed by atoms with E-state index < -0.39 is 0 Å². The molecule has 1 amide bonds. The molecule has 140 valence electrons. The third-order valence-corrected chi connectivity index (χ3v) is 5.84. The van der Waals surface area contributed by atoms with Gasteiger partial charge in [0.1, 0.15) is 0 Å². The zero-order valence-electron chi connectivity index (χ0n) is 16.3. The molecule has 1 aromatic heterocycles. The summed E-state index contributed by atoms with van der Waals surface area (Å²) in [6.07, 6.45) is 11.0. The van der Waals surface area contributed by atoms with Gasteiger partial charge in [0.25, 0.3) is 5.91 Å². The number of hydrogen-bond acceptors (Lipinski definition) is 2. The van der Waals surface area contributed by atoms with Gasteiger partial charge in [-0.25, -0.2) is 4.98 Å². The Morgan fingerprint density at radius 3 is 2.73 bits per heavy atom. The second-order valence-corrected chi connectivity index (χ2v) is 8.21. The molecule has 1 fully saturated rings. The molecule has 2 aromatic rings. The van der Waals surface area contributed by atoms with Crippen LogP contribution in [0.2, 0.25) is 0 Å². The highest BCUT2D eigenvalue weighted by atomic mass is 16.1. The highest BCUT2D eigenvalue weighted by Crippen LogP contribution is 2.42. The van der Waals surface area contributed by atoms with E-state index in [0.29, 0.717) is 11.3 Å². The van der Waals surface area contributed by atoms with Gasteiger partial charge in [-0.2, -0.15) is 0 Å². The zero-order chi connectivity index (χ0) is 18.6. The molecule has 4 heteroatoms. The Kier molecular flexibility index (Phi) is 5.80. The number of nitrogens with zero attached hydrogens (tertiary/aromatic N) is 2. The van der Waals surface area contributed by atoms with E-state index in [-0.39, 0.29) is 5.91 Å². The first-order chi connectivity index (χ1) is 12.5. The number of rotatable bonds is 7. The van der Waals surface area contributed by atoms with Crippen LogP contribution in [0.1, 0.15) is 68.9 Å². The second-order valence-electron chi connectivity index (χ2n) is 8.21. The molecule has 1 aliphatic rings. The lowest BCUT2D eigenvalue weighted by molar-refractivity contribution is 0.0937. The number of carbonyl (C=O) groups excluding carboxylic acids is 1. The molecule has 0 bridgehead atoms. The average molecular weight is 354 g/mol. The van der Waals surface area contributed by atoms with E-state index in [4.69, 9.17) is 0 Å². The summed E-state index contributed by atoms with van der Waals surface area (Å²) in [6.45, 7) is 7.58. The van der Waals surface area contributed by atoms with E-state index in [1.54, 1.807) is 0 Å². The average Bonchev–Trinajstić information content (AvgIpc) is 3.24. The molecule has 1 aliphatic carbocycles. The molecule has 4 nitrogen and oxygen atoms in total. The predicted octanol–water partition coefficient (Wildman–Crippen LogP) is 4.77. The van der Waals surface area contributed by atoms with E-state index in [1.807, 2.05) is 35.2 Å². The van der Waals surface area contributed by atoms with Crippen molar-refractivity contribution >= 4 is 5.91 Å². The largest absolute Gasteiger partial charge is 0.352 e. The van der Waals surface area contributed by atoms with Crippen LogP contribution in [0, 0.1) is 11.3 Å². The Balaban J connectivity index is 1.58. The molecule has 3 rings (SSSR count). The molecule has 1 aromatic carbocycles. The molecule has 26 heavy (non-hydrogen) atoms. The van der Waals surface area contributed by atoms with Gasteiger partial charge < -0.3 is 9.88 Å². The lowest BCUT2D eigenvalue weighted by Crippen LogP contribution is -2.33. The van der Waals surface area contributed by atoms with Crippen molar-refractivity contribution in [2.24, 2.45) is 11.3 Å². The summed E-state index contributed by atoms with van der Waals surface area (Å²) in [5, 5.41) is 3.12. The van der Waals surface area contributed by atoms with Crippen LogP contribution in [0.3, 0.4) is 0 Å². The van der Waals surface area contributed by atoms with Crippen LogP contribution in [0.15, 0.2) is 36.8 Å². The molecule has 1 heterocycles. The van der Waals surface area contributed by atoms with Crippen LogP contribution in [-0.4, -0.2) is 22.0 Å². The number of aromatic nitrogens is 2. The fourth-order valence-corrected chi connectivity index (χ4v) is 3.87. The molecular weight excluding hydrogens is 322 g/mol. The summed E-state index contributed by atoms with van der Waals surface area (Å²) in [7, 11) is 0. The normalized spacial score (nSPS) is 18.8. The Morgan fingerprint density at radius 2 is 2.08 bits per heavy atom. The Labute approximate surface area is 157 Å². The Morgan fingerprint density at radius 1 is 1.31 bits per heavy atom. The van der Waals surface area contributed by atoms with Gasteiger partial charge in [0.05, 0.1) is 12.0 Å². The predicted molar refractivity (Wildman–Crippen MR) is 106 cm³/mol. The summed E-state index contributed by atoms with van der Waals surface area (Å²) in [5.74, 6) is 0.603. The number of unbranched alkanes of at least 4 members (excludes halogenated alkanes) is 1. The van der Waals surface area contributed by atoms with Crippen molar-refractivity contribution in [2.45, 2.75) is 59.3 Å². The smallest absolute Gasteiger partial charge is 0.251 e. The van der Waals surface area contributed by atoms with Crippen LogP contribution < -0.4 is 5.32 Å². The minimum Gasteiger partial charge on any atom is -0.352 e. The third-order valence-electron chi connectivity index (χ3n) is 5.84. The molecule has 1 N–H and O–H groups in total. The lowest BCUT2D eigenvalue weighted by Gasteiger charge is -2.27. The zero-order valence-corrected chi connectivity index (χ0v) is 16.3. The third kappa shape index (κ3) is 4.35. The van der Waals surface area contributed by atoms with E-state index in [1.165, 1.54) is 25.7 Å². The second kappa shape index (κ2) is 8.07. The first kappa shape index (κ1) is 18.7. The van der Waals surface area contributed by atoms with Crippen molar-refractivity contribution in [2.75, 3.05) is 6.54 Å². The first-order valence-corrected chi connectivity index (χ1v) is 9.91. The van der Waals surface area contributed by atoms with Crippen LogP contribution in [0.5, 0.6) is 0 Å². The monoisotopic (exact) mass is 353 g/mol. The van der Waals surface area contributed by atoms with Gasteiger partial charge >= 0.3 is 0 Å². The fourth-order valence-electron chi connectivity index (χ4n) is 3.87.